The number of piperidine rings is 1. The summed E-state index contributed by atoms with van der Waals surface area (Å²) in [5, 5.41) is 3.50. The van der Waals surface area contributed by atoms with Crippen LogP contribution in [0.5, 0.6) is 0 Å². The summed E-state index contributed by atoms with van der Waals surface area (Å²) >= 11 is 0. The fourth-order valence-corrected chi connectivity index (χ4v) is 2.21. The average Bonchev–Trinajstić information content (AvgIpc) is 2.25. The zero-order chi connectivity index (χ0) is 10.7. The van der Waals surface area contributed by atoms with Crippen molar-refractivity contribution in [3.8, 4) is 0 Å². The topological polar surface area (TPSA) is 47.6 Å². The number of hydrogen-bond donors (Lipinski definition) is 1. The highest BCUT2D eigenvalue weighted by Crippen LogP contribution is 2.23. The van der Waals surface area contributed by atoms with E-state index >= 15 is 0 Å². The summed E-state index contributed by atoms with van der Waals surface area (Å²) < 4.78 is 10.1. The lowest BCUT2D eigenvalue weighted by molar-refractivity contribution is -0.139. The van der Waals surface area contributed by atoms with Gasteiger partial charge in [0, 0.05) is 12.1 Å². The van der Waals surface area contributed by atoms with Gasteiger partial charge in [0.1, 0.15) is 0 Å². The number of nitrogens with one attached hydrogen (secondary N) is 1. The summed E-state index contributed by atoms with van der Waals surface area (Å²) in [6.45, 7) is 1.57. The van der Waals surface area contributed by atoms with Crippen LogP contribution in [0.4, 0.5) is 0 Å². The van der Waals surface area contributed by atoms with Gasteiger partial charge in [0.25, 0.3) is 0 Å². The molecule has 2 unspecified atom stereocenters. The molecular formula is C11H17NO3. The lowest BCUT2D eigenvalue weighted by Crippen LogP contribution is -2.52. The smallest absolute Gasteiger partial charge is 0.309 e. The predicted octanol–water partition coefficient (Wildman–Crippen LogP) is 0.627. The van der Waals surface area contributed by atoms with Crippen LogP contribution in [0.1, 0.15) is 19.3 Å². The van der Waals surface area contributed by atoms with Gasteiger partial charge in [-0.15, -0.1) is 0 Å². The summed E-state index contributed by atoms with van der Waals surface area (Å²) in [6.07, 6.45) is 4.39. The molecular weight excluding hydrogens is 194 g/mol. The highest BCUT2D eigenvalue weighted by molar-refractivity contribution is 5.71. The minimum Gasteiger partial charge on any atom is -0.469 e. The maximum absolute atomic E-state index is 11.0. The molecule has 0 saturated carbocycles. The molecule has 2 fully saturated rings. The first-order chi connectivity index (χ1) is 7.28. The summed E-state index contributed by atoms with van der Waals surface area (Å²) in [5.74, 6) is -0.164. The second-order valence-electron chi connectivity index (χ2n) is 4.15. The Morgan fingerprint density at radius 3 is 2.80 bits per heavy atom. The van der Waals surface area contributed by atoms with Crippen molar-refractivity contribution < 1.29 is 14.3 Å². The Morgan fingerprint density at radius 2 is 2.20 bits per heavy atom. The van der Waals surface area contributed by atoms with Crippen LogP contribution in [0.3, 0.4) is 0 Å². The van der Waals surface area contributed by atoms with Crippen molar-refractivity contribution in [1.82, 2.24) is 5.32 Å². The second-order valence-corrected chi connectivity index (χ2v) is 4.15. The lowest BCUT2D eigenvalue weighted by Gasteiger charge is -2.37. The van der Waals surface area contributed by atoms with Crippen molar-refractivity contribution in [2.75, 3.05) is 20.3 Å². The Hall–Kier alpha value is -0.870. The largest absolute Gasteiger partial charge is 0.469 e. The van der Waals surface area contributed by atoms with Gasteiger partial charge in [-0.3, -0.25) is 4.79 Å². The molecule has 0 aromatic rings. The number of carbonyl (C=O) groups excluding carboxylic acids is 1. The molecule has 0 aromatic heterocycles. The van der Waals surface area contributed by atoms with Crippen LogP contribution in [0.15, 0.2) is 11.6 Å². The Morgan fingerprint density at radius 1 is 1.53 bits per heavy atom. The molecule has 2 saturated heterocycles. The Labute approximate surface area is 89.6 Å². The molecule has 2 bridgehead atoms. The number of ether oxygens (including phenoxy) is 2. The number of rotatable bonds is 2. The molecule has 0 aromatic carbocycles. The number of methoxy groups -OCH3 is 1. The van der Waals surface area contributed by atoms with Crippen molar-refractivity contribution in [2.45, 2.75) is 31.3 Å². The monoisotopic (exact) mass is 211 g/mol. The maximum atomic E-state index is 11.0. The predicted molar refractivity (Wildman–Crippen MR) is 55.5 cm³/mol. The third kappa shape index (κ3) is 2.79. The second kappa shape index (κ2) is 4.77. The Balaban J connectivity index is 1.90. The fourth-order valence-electron chi connectivity index (χ4n) is 2.21. The molecule has 0 radical (unpaired) electrons. The molecule has 1 N–H and O–H groups in total. The van der Waals surface area contributed by atoms with Gasteiger partial charge in [0.15, 0.2) is 0 Å². The number of carbonyl (C=O) groups is 1. The van der Waals surface area contributed by atoms with Crippen molar-refractivity contribution in [2.24, 2.45) is 0 Å². The normalized spacial score (nSPS) is 29.8. The zero-order valence-electron chi connectivity index (χ0n) is 8.99. The molecule has 84 valence electrons. The van der Waals surface area contributed by atoms with E-state index in [-0.39, 0.29) is 5.97 Å². The SMILES string of the molecule is COC(=O)CC=C1CC2COCC(C1)N2. The van der Waals surface area contributed by atoms with E-state index < -0.39 is 0 Å². The van der Waals surface area contributed by atoms with Crippen LogP contribution in [0.25, 0.3) is 0 Å². The van der Waals surface area contributed by atoms with Gasteiger partial charge in [-0.1, -0.05) is 11.6 Å². The van der Waals surface area contributed by atoms with Crippen molar-refractivity contribution in [3.05, 3.63) is 11.6 Å². The van der Waals surface area contributed by atoms with Crippen molar-refractivity contribution >= 4 is 5.97 Å². The van der Waals surface area contributed by atoms with Crippen LogP contribution < -0.4 is 5.32 Å². The van der Waals surface area contributed by atoms with Crippen molar-refractivity contribution in [1.29, 1.82) is 0 Å². The Kier molecular flexibility index (Phi) is 3.38. The highest BCUT2D eigenvalue weighted by Gasteiger charge is 2.28. The zero-order valence-corrected chi connectivity index (χ0v) is 8.99. The fraction of sp³-hybridized carbons (Fsp3) is 0.727. The minimum atomic E-state index is -0.164. The van der Waals surface area contributed by atoms with Crippen LogP contribution in [0, 0.1) is 0 Å². The molecule has 4 nitrogen and oxygen atoms in total. The third-order valence-electron chi connectivity index (χ3n) is 2.91. The lowest BCUT2D eigenvalue weighted by atomic mass is 9.91. The number of hydrogen-bond acceptors (Lipinski definition) is 4. The van der Waals surface area contributed by atoms with Crippen molar-refractivity contribution in [3.63, 3.8) is 0 Å². The number of fused-ring (bicyclic) bond motifs is 2. The molecule has 2 atom stereocenters. The summed E-state index contributed by atoms with van der Waals surface area (Å²) in [6, 6.07) is 0.864. The molecule has 0 spiro atoms. The van der Waals surface area contributed by atoms with Gasteiger partial charge < -0.3 is 14.8 Å². The first-order valence-corrected chi connectivity index (χ1v) is 5.36. The van der Waals surface area contributed by atoms with Crippen LogP contribution in [-0.4, -0.2) is 38.4 Å². The first-order valence-electron chi connectivity index (χ1n) is 5.36. The van der Waals surface area contributed by atoms with E-state index in [1.807, 2.05) is 6.08 Å². The van der Waals surface area contributed by atoms with E-state index in [1.54, 1.807) is 0 Å². The third-order valence-corrected chi connectivity index (χ3v) is 2.91. The minimum absolute atomic E-state index is 0.164. The molecule has 2 aliphatic rings. The van der Waals surface area contributed by atoms with E-state index in [4.69, 9.17) is 4.74 Å². The van der Waals surface area contributed by atoms with Gasteiger partial charge in [0.05, 0.1) is 26.7 Å². The maximum Gasteiger partial charge on any atom is 0.309 e. The van der Waals surface area contributed by atoms with Gasteiger partial charge >= 0.3 is 5.97 Å². The summed E-state index contributed by atoms with van der Waals surface area (Å²) in [5.41, 5.74) is 1.36. The summed E-state index contributed by atoms with van der Waals surface area (Å²) in [7, 11) is 1.42. The van der Waals surface area contributed by atoms with Crippen LogP contribution in [0.2, 0.25) is 0 Å². The van der Waals surface area contributed by atoms with E-state index in [0.29, 0.717) is 18.5 Å². The molecule has 4 heteroatoms. The molecule has 15 heavy (non-hydrogen) atoms. The van der Waals surface area contributed by atoms with Gasteiger partial charge in [0.2, 0.25) is 0 Å². The van der Waals surface area contributed by atoms with E-state index in [2.05, 4.69) is 10.1 Å². The summed E-state index contributed by atoms with van der Waals surface area (Å²) in [4.78, 5) is 11.0. The van der Waals surface area contributed by atoms with Gasteiger partial charge in [-0.05, 0) is 12.8 Å². The molecule has 2 aliphatic heterocycles. The van der Waals surface area contributed by atoms with E-state index in [0.717, 1.165) is 26.1 Å². The first kappa shape index (κ1) is 10.6. The van der Waals surface area contributed by atoms with E-state index in [9.17, 15) is 4.79 Å². The van der Waals surface area contributed by atoms with Crippen LogP contribution >= 0.6 is 0 Å². The molecule has 0 amide bonds. The Bertz CT molecular complexity index is 261. The molecule has 2 rings (SSSR count). The van der Waals surface area contributed by atoms with E-state index in [1.165, 1.54) is 12.7 Å². The van der Waals surface area contributed by atoms with Gasteiger partial charge in [-0.2, -0.15) is 0 Å². The number of morpholine rings is 1. The average molecular weight is 211 g/mol. The molecule has 2 heterocycles. The number of esters is 1. The molecule has 0 aliphatic carbocycles. The van der Waals surface area contributed by atoms with Crippen LogP contribution in [-0.2, 0) is 14.3 Å². The highest BCUT2D eigenvalue weighted by atomic mass is 16.5. The quantitative estimate of drug-likeness (QED) is 0.537. The standard InChI is InChI=1S/C11H17NO3/c1-14-11(13)3-2-8-4-9-6-15-7-10(5-8)12-9/h2,9-10,12H,3-7H2,1H3. The van der Waals surface area contributed by atoms with Gasteiger partial charge in [-0.25, -0.2) is 0 Å².